The van der Waals surface area contributed by atoms with Crippen molar-refractivity contribution in [3.8, 4) is 0 Å². The summed E-state index contributed by atoms with van der Waals surface area (Å²) in [5.74, 6) is 0.0795. The predicted molar refractivity (Wildman–Crippen MR) is 113 cm³/mol. The number of carbonyl (C=O) groups is 2. The Morgan fingerprint density at radius 2 is 2.13 bits per heavy atom. The van der Waals surface area contributed by atoms with Gasteiger partial charge in [-0.1, -0.05) is 6.92 Å². The molecule has 0 radical (unpaired) electrons. The van der Waals surface area contributed by atoms with Crippen molar-refractivity contribution in [2.45, 2.75) is 64.1 Å². The van der Waals surface area contributed by atoms with Gasteiger partial charge in [0, 0.05) is 37.1 Å². The van der Waals surface area contributed by atoms with Crippen LogP contribution < -0.4 is 10.6 Å². The number of amides is 2. The first-order valence-corrected chi connectivity index (χ1v) is 11.0. The zero-order valence-electron chi connectivity index (χ0n) is 18.3. The third-order valence-corrected chi connectivity index (χ3v) is 5.68. The second-order valence-corrected chi connectivity index (χ2v) is 7.97. The summed E-state index contributed by atoms with van der Waals surface area (Å²) >= 11 is 0. The maximum atomic E-state index is 13.2. The number of alkyl carbamates (subject to hydrolysis) is 1. The Balaban J connectivity index is 1.71. The number of aryl methyl sites for hydroxylation is 2. The van der Waals surface area contributed by atoms with Gasteiger partial charge < -0.3 is 25.0 Å². The number of carbonyl (C=O) groups excluding carboxylic acids is 2. The quantitative estimate of drug-likeness (QED) is 0.596. The van der Waals surface area contributed by atoms with Gasteiger partial charge in [0.25, 0.3) is 5.91 Å². The van der Waals surface area contributed by atoms with Gasteiger partial charge in [-0.25, -0.2) is 4.79 Å². The smallest absolute Gasteiger partial charge is 0.406 e. The van der Waals surface area contributed by atoms with Crippen molar-refractivity contribution in [1.82, 2.24) is 20.5 Å². The molecule has 2 heterocycles. The molecule has 3 rings (SSSR count). The highest BCUT2D eigenvalue weighted by molar-refractivity contribution is 5.82. The highest BCUT2D eigenvalue weighted by atomic mass is 16.5. The standard InChI is InChI=1S/C22H34N4O4/c1-4-17-12-16(13-18(25-17)6-5-9-24-22(28)29-3)15(2)26(19-7-8-19)21(27)20-14-23-10-11-30-20/h12-13,15,19-20,23H,4-11,14H2,1-3H3,(H,24,28). The third kappa shape index (κ3) is 5.92. The summed E-state index contributed by atoms with van der Waals surface area (Å²) < 4.78 is 10.3. The van der Waals surface area contributed by atoms with Crippen LogP contribution >= 0.6 is 0 Å². The molecule has 2 atom stereocenters. The molecule has 166 valence electrons. The number of hydrogen-bond donors (Lipinski definition) is 2. The lowest BCUT2D eigenvalue weighted by Crippen LogP contribution is -2.50. The number of morpholine rings is 1. The van der Waals surface area contributed by atoms with Gasteiger partial charge in [-0.05, 0) is 56.7 Å². The van der Waals surface area contributed by atoms with Crippen molar-refractivity contribution < 1.29 is 19.1 Å². The van der Waals surface area contributed by atoms with Gasteiger partial charge >= 0.3 is 6.09 Å². The molecule has 0 spiro atoms. The summed E-state index contributed by atoms with van der Waals surface area (Å²) in [7, 11) is 1.36. The summed E-state index contributed by atoms with van der Waals surface area (Å²) in [6.45, 7) is 6.66. The zero-order valence-corrected chi connectivity index (χ0v) is 18.3. The molecule has 0 bridgehead atoms. The first kappa shape index (κ1) is 22.5. The summed E-state index contributed by atoms with van der Waals surface area (Å²) in [4.78, 5) is 31.2. The Morgan fingerprint density at radius 1 is 1.37 bits per heavy atom. The molecule has 1 saturated heterocycles. The molecular weight excluding hydrogens is 384 g/mol. The average molecular weight is 419 g/mol. The molecule has 1 aromatic heterocycles. The van der Waals surface area contributed by atoms with Crippen LogP contribution in [0.15, 0.2) is 12.1 Å². The van der Waals surface area contributed by atoms with Crippen LogP contribution in [0.5, 0.6) is 0 Å². The summed E-state index contributed by atoms with van der Waals surface area (Å²) in [6.07, 6.45) is 3.64. The summed E-state index contributed by atoms with van der Waals surface area (Å²) in [5.41, 5.74) is 3.12. The number of pyridine rings is 1. The molecule has 1 aliphatic carbocycles. The minimum Gasteiger partial charge on any atom is -0.453 e. The lowest BCUT2D eigenvalue weighted by molar-refractivity contribution is -0.148. The van der Waals surface area contributed by atoms with Crippen molar-refractivity contribution in [1.29, 1.82) is 0 Å². The second-order valence-electron chi connectivity index (χ2n) is 7.97. The minimum atomic E-state index is -0.419. The van der Waals surface area contributed by atoms with Crippen LogP contribution in [0.4, 0.5) is 4.79 Å². The lowest BCUT2D eigenvalue weighted by atomic mass is 10.0. The van der Waals surface area contributed by atoms with Crippen LogP contribution in [0, 0.1) is 0 Å². The lowest BCUT2D eigenvalue weighted by Gasteiger charge is -2.34. The van der Waals surface area contributed by atoms with E-state index < -0.39 is 12.2 Å². The molecule has 8 heteroatoms. The summed E-state index contributed by atoms with van der Waals surface area (Å²) in [5, 5.41) is 5.96. The van der Waals surface area contributed by atoms with E-state index in [0.717, 1.165) is 55.6 Å². The second kappa shape index (κ2) is 10.7. The van der Waals surface area contributed by atoms with Crippen LogP contribution in [0.1, 0.15) is 56.1 Å². The van der Waals surface area contributed by atoms with E-state index in [4.69, 9.17) is 9.72 Å². The van der Waals surface area contributed by atoms with Gasteiger partial charge in [0.2, 0.25) is 0 Å². The maximum absolute atomic E-state index is 13.2. The largest absolute Gasteiger partial charge is 0.453 e. The monoisotopic (exact) mass is 418 g/mol. The van der Waals surface area contributed by atoms with Gasteiger partial charge in [-0.3, -0.25) is 9.78 Å². The van der Waals surface area contributed by atoms with E-state index in [1.165, 1.54) is 7.11 Å². The zero-order chi connectivity index (χ0) is 21.5. The fraction of sp³-hybridized carbons (Fsp3) is 0.682. The van der Waals surface area contributed by atoms with E-state index in [-0.39, 0.29) is 11.9 Å². The number of ether oxygens (including phenoxy) is 2. The van der Waals surface area contributed by atoms with Crippen molar-refractivity contribution in [2.24, 2.45) is 0 Å². The van der Waals surface area contributed by atoms with E-state index in [2.05, 4.69) is 41.4 Å². The van der Waals surface area contributed by atoms with Gasteiger partial charge in [0.05, 0.1) is 19.8 Å². The number of rotatable bonds is 9. The predicted octanol–water partition coefficient (Wildman–Crippen LogP) is 1.97. The van der Waals surface area contributed by atoms with Crippen LogP contribution in [0.2, 0.25) is 0 Å². The molecule has 8 nitrogen and oxygen atoms in total. The molecule has 2 amide bonds. The first-order valence-electron chi connectivity index (χ1n) is 11.0. The molecule has 0 aromatic carbocycles. The van der Waals surface area contributed by atoms with Gasteiger partial charge in [-0.2, -0.15) is 0 Å². The molecule has 2 N–H and O–H groups in total. The Morgan fingerprint density at radius 3 is 2.77 bits per heavy atom. The van der Waals surface area contributed by atoms with Crippen molar-refractivity contribution in [3.63, 3.8) is 0 Å². The molecule has 2 unspecified atom stereocenters. The fourth-order valence-corrected chi connectivity index (χ4v) is 3.85. The van der Waals surface area contributed by atoms with E-state index >= 15 is 0 Å². The van der Waals surface area contributed by atoms with E-state index in [1.807, 2.05) is 4.90 Å². The Hall–Kier alpha value is -2.19. The van der Waals surface area contributed by atoms with Crippen molar-refractivity contribution in [2.75, 3.05) is 33.4 Å². The highest BCUT2D eigenvalue weighted by Gasteiger charge is 2.40. The van der Waals surface area contributed by atoms with Crippen LogP contribution in [-0.2, 0) is 27.1 Å². The first-order chi connectivity index (χ1) is 14.5. The van der Waals surface area contributed by atoms with Gasteiger partial charge in [0.1, 0.15) is 6.10 Å². The van der Waals surface area contributed by atoms with E-state index in [9.17, 15) is 9.59 Å². The third-order valence-electron chi connectivity index (χ3n) is 5.68. The minimum absolute atomic E-state index is 0.0317. The highest BCUT2D eigenvalue weighted by Crippen LogP contribution is 2.35. The van der Waals surface area contributed by atoms with Crippen LogP contribution in [0.3, 0.4) is 0 Å². The molecule has 1 aliphatic heterocycles. The number of hydrogen-bond acceptors (Lipinski definition) is 6. The van der Waals surface area contributed by atoms with Crippen LogP contribution in [-0.4, -0.2) is 67.4 Å². The molecule has 2 fully saturated rings. The van der Waals surface area contributed by atoms with Crippen LogP contribution in [0.25, 0.3) is 0 Å². The van der Waals surface area contributed by atoms with Gasteiger partial charge in [0.15, 0.2) is 0 Å². The normalized spacial score (nSPS) is 19.8. The Labute approximate surface area is 178 Å². The van der Waals surface area contributed by atoms with Gasteiger partial charge in [-0.15, -0.1) is 0 Å². The number of aromatic nitrogens is 1. The average Bonchev–Trinajstić information content (AvgIpc) is 3.61. The van der Waals surface area contributed by atoms with E-state index in [0.29, 0.717) is 25.7 Å². The maximum Gasteiger partial charge on any atom is 0.406 e. The summed E-state index contributed by atoms with van der Waals surface area (Å²) in [6, 6.07) is 4.48. The number of nitrogens with zero attached hydrogens (tertiary/aromatic N) is 2. The Kier molecular flexibility index (Phi) is 8.04. The van der Waals surface area contributed by atoms with Crippen molar-refractivity contribution >= 4 is 12.0 Å². The topological polar surface area (TPSA) is 92.8 Å². The Bertz CT molecular complexity index is 732. The molecular formula is C22H34N4O4. The molecule has 1 aromatic rings. The van der Waals surface area contributed by atoms with Crippen molar-refractivity contribution in [3.05, 3.63) is 29.1 Å². The van der Waals surface area contributed by atoms with E-state index in [1.54, 1.807) is 0 Å². The molecule has 30 heavy (non-hydrogen) atoms. The number of methoxy groups -OCH3 is 1. The fourth-order valence-electron chi connectivity index (χ4n) is 3.85. The SMILES string of the molecule is CCc1cc(C(C)N(C(=O)C2CNCCO2)C2CC2)cc(CCCNC(=O)OC)n1. The number of nitrogens with one attached hydrogen (secondary N) is 2. The molecule has 2 aliphatic rings. The molecule has 1 saturated carbocycles.